The Morgan fingerprint density at radius 1 is 1.33 bits per heavy atom. The Balaban J connectivity index is 1.89. The Hall–Kier alpha value is -1.37. The van der Waals surface area contributed by atoms with Gasteiger partial charge in [-0.25, -0.2) is 4.98 Å². The van der Waals surface area contributed by atoms with E-state index < -0.39 is 0 Å². The molecular weight excluding hydrogens is 338 g/mol. The number of rotatable bonds is 8. The Kier molecular flexibility index (Phi) is 7.27. The monoisotopic (exact) mass is 363 g/mol. The van der Waals surface area contributed by atoms with Crippen LogP contribution in [0.5, 0.6) is 0 Å². The lowest BCUT2D eigenvalue weighted by atomic mass is 10.0. The second-order valence-electron chi connectivity index (χ2n) is 6.21. The fourth-order valence-corrected chi connectivity index (χ4v) is 3.90. The van der Waals surface area contributed by atoms with Crippen LogP contribution in [0.3, 0.4) is 0 Å². The van der Waals surface area contributed by atoms with Crippen molar-refractivity contribution in [3.63, 3.8) is 0 Å². The lowest BCUT2D eigenvalue weighted by molar-refractivity contribution is 0.0933. The molecule has 130 valence electrons. The van der Waals surface area contributed by atoms with E-state index in [-0.39, 0.29) is 11.9 Å². The summed E-state index contributed by atoms with van der Waals surface area (Å²) in [4.78, 5) is 17.9. The van der Waals surface area contributed by atoms with Gasteiger partial charge in [-0.3, -0.25) is 4.79 Å². The minimum atomic E-state index is -0.0576. The molecule has 2 rings (SSSR count). The van der Waals surface area contributed by atoms with Gasteiger partial charge < -0.3 is 11.1 Å². The lowest BCUT2D eigenvalue weighted by Gasteiger charge is -2.18. The number of aryl methyl sites for hydroxylation is 1. The van der Waals surface area contributed by atoms with Crippen molar-refractivity contribution in [3.05, 3.63) is 45.9 Å². The minimum absolute atomic E-state index is 0.0273. The van der Waals surface area contributed by atoms with Crippen molar-refractivity contribution in [2.45, 2.75) is 43.9 Å². The number of nitrogens with zero attached hydrogens (tertiary/aromatic N) is 1. The van der Waals surface area contributed by atoms with Crippen molar-refractivity contribution >= 4 is 29.0 Å². The lowest BCUT2D eigenvalue weighted by Crippen LogP contribution is -2.41. The molecular formula is C18H25N3OS2. The Morgan fingerprint density at radius 2 is 2.04 bits per heavy atom. The summed E-state index contributed by atoms with van der Waals surface area (Å²) in [5.74, 6) is 1.30. The molecule has 0 aliphatic carbocycles. The van der Waals surface area contributed by atoms with E-state index >= 15 is 0 Å². The number of carbonyl (C=O) groups is 1. The molecule has 1 heterocycles. The van der Waals surface area contributed by atoms with E-state index in [0.717, 1.165) is 27.8 Å². The maximum atomic E-state index is 12.3. The number of hydrogen-bond acceptors (Lipinski definition) is 5. The van der Waals surface area contributed by atoms with Crippen molar-refractivity contribution in [3.8, 4) is 0 Å². The van der Waals surface area contributed by atoms with Gasteiger partial charge in [-0.1, -0.05) is 13.8 Å². The third-order valence-electron chi connectivity index (χ3n) is 3.55. The van der Waals surface area contributed by atoms with E-state index in [1.807, 2.05) is 31.2 Å². The number of carbonyl (C=O) groups excluding carboxylic acids is 1. The van der Waals surface area contributed by atoms with E-state index in [1.54, 1.807) is 23.1 Å². The van der Waals surface area contributed by atoms with Crippen molar-refractivity contribution in [1.29, 1.82) is 0 Å². The van der Waals surface area contributed by atoms with Gasteiger partial charge >= 0.3 is 0 Å². The zero-order valence-electron chi connectivity index (χ0n) is 14.4. The van der Waals surface area contributed by atoms with Crippen molar-refractivity contribution < 1.29 is 4.79 Å². The van der Waals surface area contributed by atoms with Gasteiger partial charge in [-0.15, -0.1) is 23.1 Å². The fraction of sp³-hybridized carbons (Fsp3) is 0.444. The SMILES string of the molecule is Cc1nc(CSc2ccc(C(=O)NC(CN)CC(C)C)cc2)cs1. The molecule has 0 aliphatic rings. The molecule has 6 heteroatoms. The van der Waals surface area contributed by atoms with Crippen LogP contribution in [0.1, 0.15) is 41.3 Å². The van der Waals surface area contributed by atoms with Gasteiger partial charge in [0.25, 0.3) is 5.91 Å². The van der Waals surface area contributed by atoms with Gasteiger partial charge in [0.15, 0.2) is 0 Å². The Bertz CT molecular complexity index is 653. The topological polar surface area (TPSA) is 68.0 Å². The third-order valence-corrected chi connectivity index (χ3v) is 5.41. The number of thiazole rings is 1. The third kappa shape index (κ3) is 5.92. The van der Waals surface area contributed by atoms with Crippen LogP contribution in [-0.2, 0) is 5.75 Å². The highest BCUT2D eigenvalue weighted by molar-refractivity contribution is 7.98. The highest BCUT2D eigenvalue weighted by atomic mass is 32.2. The van der Waals surface area contributed by atoms with E-state index in [1.165, 1.54) is 0 Å². The molecule has 24 heavy (non-hydrogen) atoms. The van der Waals surface area contributed by atoms with E-state index in [9.17, 15) is 4.79 Å². The molecule has 0 spiro atoms. The van der Waals surface area contributed by atoms with Crippen molar-refractivity contribution in [2.24, 2.45) is 11.7 Å². The largest absolute Gasteiger partial charge is 0.348 e. The van der Waals surface area contributed by atoms with E-state index in [0.29, 0.717) is 18.0 Å². The van der Waals surface area contributed by atoms with Crippen LogP contribution in [0.15, 0.2) is 34.5 Å². The number of nitrogens with two attached hydrogens (primary N) is 1. The Morgan fingerprint density at radius 3 is 2.58 bits per heavy atom. The van der Waals surface area contributed by atoms with Gasteiger partial charge in [0.1, 0.15) is 0 Å². The summed E-state index contributed by atoms with van der Waals surface area (Å²) >= 11 is 3.40. The van der Waals surface area contributed by atoms with Crippen molar-refractivity contribution in [2.75, 3.05) is 6.54 Å². The highest BCUT2D eigenvalue weighted by Gasteiger charge is 2.13. The predicted molar refractivity (Wildman–Crippen MR) is 103 cm³/mol. The van der Waals surface area contributed by atoms with E-state index in [4.69, 9.17) is 5.73 Å². The summed E-state index contributed by atoms with van der Waals surface area (Å²) in [5.41, 5.74) is 7.52. The van der Waals surface area contributed by atoms with Crippen LogP contribution in [0, 0.1) is 12.8 Å². The number of benzene rings is 1. The molecule has 0 saturated carbocycles. The van der Waals surface area contributed by atoms with Crippen LogP contribution < -0.4 is 11.1 Å². The summed E-state index contributed by atoms with van der Waals surface area (Å²) in [6, 6.07) is 7.73. The molecule has 0 radical (unpaired) electrons. The molecule has 1 atom stereocenters. The van der Waals surface area contributed by atoms with Crippen LogP contribution in [0.4, 0.5) is 0 Å². The average Bonchev–Trinajstić information content (AvgIpc) is 2.97. The zero-order valence-corrected chi connectivity index (χ0v) is 16.0. The molecule has 0 fully saturated rings. The zero-order chi connectivity index (χ0) is 17.5. The molecule has 3 N–H and O–H groups in total. The quantitative estimate of drug-likeness (QED) is 0.699. The van der Waals surface area contributed by atoms with Gasteiger partial charge in [0, 0.05) is 34.2 Å². The maximum Gasteiger partial charge on any atom is 0.251 e. The number of nitrogens with one attached hydrogen (secondary N) is 1. The first-order valence-electron chi connectivity index (χ1n) is 8.12. The molecule has 0 aliphatic heterocycles. The molecule has 2 aromatic rings. The van der Waals surface area contributed by atoms with E-state index in [2.05, 4.69) is 29.5 Å². The number of hydrogen-bond donors (Lipinski definition) is 2. The first-order valence-corrected chi connectivity index (χ1v) is 9.99. The predicted octanol–water partition coefficient (Wildman–Crippen LogP) is 3.85. The summed E-state index contributed by atoms with van der Waals surface area (Å²) in [6.07, 6.45) is 0.892. The van der Waals surface area contributed by atoms with Crippen molar-refractivity contribution in [1.82, 2.24) is 10.3 Å². The van der Waals surface area contributed by atoms with Gasteiger partial charge in [-0.05, 0) is 43.5 Å². The fourth-order valence-electron chi connectivity index (χ4n) is 2.39. The Labute approximate surface area is 152 Å². The van der Waals surface area contributed by atoms with Crippen LogP contribution in [0.25, 0.3) is 0 Å². The highest BCUT2D eigenvalue weighted by Crippen LogP contribution is 2.23. The maximum absolute atomic E-state index is 12.3. The molecule has 1 amide bonds. The molecule has 1 unspecified atom stereocenters. The standard InChI is InChI=1S/C18H25N3OS2/c1-12(2)8-15(9-19)21-18(22)14-4-6-17(7-5-14)24-11-16-10-23-13(3)20-16/h4-7,10,12,15H,8-9,11,19H2,1-3H3,(H,21,22). The summed E-state index contributed by atoms with van der Waals surface area (Å²) < 4.78 is 0. The summed E-state index contributed by atoms with van der Waals surface area (Å²) in [5, 5.41) is 6.20. The van der Waals surface area contributed by atoms with Crippen LogP contribution in [-0.4, -0.2) is 23.5 Å². The average molecular weight is 364 g/mol. The number of aromatic nitrogens is 1. The smallest absolute Gasteiger partial charge is 0.251 e. The van der Waals surface area contributed by atoms with Gasteiger partial charge in [-0.2, -0.15) is 0 Å². The first kappa shape index (κ1) is 19.0. The normalized spacial score (nSPS) is 12.4. The van der Waals surface area contributed by atoms with Gasteiger partial charge in [0.05, 0.1) is 10.7 Å². The second kappa shape index (κ2) is 9.20. The number of amides is 1. The first-order chi connectivity index (χ1) is 11.5. The second-order valence-corrected chi connectivity index (χ2v) is 8.32. The minimum Gasteiger partial charge on any atom is -0.348 e. The molecule has 0 bridgehead atoms. The molecule has 1 aromatic heterocycles. The summed E-state index contributed by atoms with van der Waals surface area (Å²) in [7, 11) is 0. The molecule has 1 aromatic carbocycles. The molecule has 4 nitrogen and oxygen atoms in total. The van der Waals surface area contributed by atoms with Gasteiger partial charge in [0.2, 0.25) is 0 Å². The van der Waals surface area contributed by atoms with Crippen LogP contribution >= 0.6 is 23.1 Å². The molecule has 0 saturated heterocycles. The van der Waals surface area contributed by atoms with Crippen LogP contribution in [0.2, 0.25) is 0 Å². The number of thioether (sulfide) groups is 1. The summed E-state index contributed by atoms with van der Waals surface area (Å²) in [6.45, 7) is 6.74.